The zero-order chi connectivity index (χ0) is 19.8. The van der Waals surface area contributed by atoms with Gasteiger partial charge in [-0.25, -0.2) is 4.39 Å². The van der Waals surface area contributed by atoms with Crippen LogP contribution in [0.15, 0.2) is 30.4 Å². The van der Waals surface area contributed by atoms with Gasteiger partial charge in [0, 0.05) is 6.61 Å². The number of hydrogen-bond acceptors (Lipinski definition) is 1. The maximum atomic E-state index is 14.4. The normalized spacial score (nSPS) is 28.7. The molecule has 0 unspecified atom stereocenters. The van der Waals surface area contributed by atoms with Gasteiger partial charge in [-0.15, -0.1) is 0 Å². The molecular formula is C26H39FO. The maximum absolute atomic E-state index is 14.4. The zero-order valence-electron chi connectivity index (χ0n) is 17.7. The molecule has 1 N–H and O–H groups in total. The van der Waals surface area contributed by atoms with Crippen LogP contribution in [0.2, 0.25) is 0 Å². The SMILES string of the molecule is CCC/C=C/C1CCC(C2CCC(c3ccc(CCCO)c(F)c3)CC2)CC1. The Bertz CT molecular complexity index is 607. The van der Waals surface area contributed by atoms with Crippen molar-refractivity contribution in [3.8, 4) is 0 Å². The average Bonchev–Trinajstić information content (AvgIpc) is 2.74. The molecule has 1 aromatic rings. The summed E-state index contributed by atoms with van der Waals surface area (Å²) in [6.45, 7) is 2.37. The fourth-order valence-corrected chi connectivity index (χ4v) is 5.48. The summed E-state index contributed by atoms with van der Waals surface area (Å²) in [5.41, 5.74) is 1.93. The average molecular weight is 387 g/mol. The minimum atomic E-state index is -0.0810. The van der Waals surface area contributed by atoms with Crippen LogP contribution >= 0.6 is 0 Å². The molecule has 1 nitrogen and oxygen atoms in total. The van der Waals surface area contributed by atoms with Crippen LogP contribution < -0.4 is 0 Å². The van der Waals surface area contributed by atoms with E-state index in [9.17, 15) is 4.39 Å². The summed E-state index contributed by atoms with van der Waals surface area (Å²) < 4.78 is 14.4. The summed E-state index contributed by atoms with van der Waals surface area (Å²) in [4.78, 5) is 0. The Labute approximate surface area is 171 Å². The topological polar surface area (TPSA) is 20.2 Å². The Morgan fingerprint density at radius 1 is 1.00 bits per heavy atom. The van der Waals surface area contributed by atoms with Crippen LogP contribution in [0, 0.1) is 23.6 Å². The third-order valence-electron chi connectivity index (χ3n) is 7.27. The molecule has 2 heteroatoms. The van der Waals surface area contributed by atoms with E-state index in [4.69, 9.17) is 5.11 Å². The van der Waals surface area contributed by atoms with E-state index in [1.807, 2.05) is 6.07 Å². The van der Waals surface area contributed by atoms with E-state index in [1.54, 1.807) is 6.07 Å². The van der Waals surface area contributed by atoms with Gasteiger partial charge in [0.25, 0.3) is 0 Å². The first-order chi connectivity index (χ1) is 13.7. The van der Waals surface area contributed by atoms with Crippen molar-refractivity contribution in [2.75, 3.05) is 6.61 Å². The highest BCUT2D eigenvalue weighted by Gasteiger charge is 2.30. The number of allylic oxidation sites excluding steroid dienone is 2. The highest BCUT2D eigenvalue weighted by molar-refractivity contribution is 5.27. The van der Waals surface area contributed by atoms with E-state index in [-0.39, 0.29) is 12.4 Å². The molecule has 2 saturated carbocycles. The van der Waals surface area contributed by atoms with Crippen molar-refractivity contribution in [1.29, 1.82) is 0 Å². The molecule has 2 aliphatic rings. The van der Waals surface area contributed by atoms with E-state index in [0.717, 1.165) is 23.3 Å². The van der Waals surface area contributed by atoms with Crippen LogP contribution in [0.5, 0.6) is 0 Å². The quantitative estimate of drug-likeness (QED) is 0.469. The Hall–Kier alpha value is -1.15. The second-order valence-corrected chi connectivity index (χ2v) is 9.18. The second kappa shape index (κ2) is 11.1. The molecule has 28 heavy (non-hydrogen) atoms. The molecule has 0 heterocycles. The van der Waals surface area contributed by atoms with E-state index in [2.05, 4.69) is 25.1 Å². The molecule has 2 fully saturated rings. The van der Waals surface area contributed by atoms with Gasteiger partial charge in [-0.05, 0) is 111 Å². The van der Waals surface area contributed by atoms with Crippen LogP contribution in [0.4, 0.5) is 4.39 Å². The predicted molar refractivity (Wildman–Crippen MR) is 116 cm³/mol. The molecule has 0 bridgehead atoms. The molecule has 0 amide bonds. The highest BCUT2D eigenvalue weighted by Crippen LogP contribution is 2.44. The number of aryl methyl sites for hydroxylation is 1. The van der Waals surface area contributed by atoms with Crippen molar-refractivity contribution < 1.29 is 9.50 Å². The molecule has 156 valence electrons. The van der Waals surface area contributed by atoms with Crippen molar-refractivity contribution in [3.63, 3.8) is 0 Å². The van der Waals surface area contributed by atoms with Gasteiger partial charge >= 0.3 is 0 Å². The first-order valence-corrected chi connectivity index (χ1v) is 11.8. The number of hydrogen-bond donors (Lipinski definition) is 1. The van der Waals surface area contributed by atoms with Crippen molar-refractivity contribution >= 4 is 0 Å². The molecule has 0 atom stereocenters. The smallest absolute Gasteiger partial charge is 0.126 e. The first-order valence-electron chi connectivity index (χ1n) is 11.8. The standard InChI is InChI=1S/C26H39FO/c1-2-3-4-6-20-8-10-21(11-9-20)22-12-14-23(15-13-22)25-17-16-24(7-5-18-28)26(27)19-25/h4,6,16-17,19-23,28H,2-3,5,7-15,18H2,1H3/b6-4+. The molecule has 1 aromatic carbocycles. The molecule has 0 saturated heterocycles. The van der Waals surface area contributed by atoms with Crippen LogP contribution in [-0.4, -0.2) is 11.7 Å². The second-order valence-electron chi connectivity index (χ2n) is 9.18. The molecule has 0 radical (unpaired) electrons. The van der Waals surface area contributed by atoms with Gasteiger partial charge in [-0.2, -0.15) is 0 Å². The number of aliphatic hydroxyl groups is 1. The van der Waals surface area contributed by atoms with E-state index in [0.29, 0.717) is 18.8 Å². The van der Waals surface area contributed by atoms with E-state index >= 15 is 0 Å². The fourth-order valence-electron chi connectivity index (χ4n) is 5.48. The Morgan fingerprint density at radius 2 is 1.68 bits per heavy atom. The Morgan fingerprint density at radius 3 is 2.29 bits per heavy atom. The van der Waals surface area contributed by atoms with Crippen molar-refractivity contribution in [2.45, 2.75) is 89.9 Å². The van der Waals surface area contributed by atoms with Gasteiger partial charge in [-0.1, -0.05) is 37.6 Å². The highest BCUT2D eigenvalue weighted by atomic mass is 19.1. The summed E-state index contributed by atoms with van der Waals surface area (Å²) in [5.74, 6) is 3.10. The lowest BCUT2D eigenvalue weighted by molar-refractivity contribution is 0.171. The number of unbranched alkanes of at least 4 members (excludes halogenated alkanes) is 1. The van der Waals surface area contributed by atoms with Gasteiger partial charge in [0.1, 0.15) is 5.82 Å². The van der Waals surface area contributed by atoms with Crippen molar-refractivity contribution in [2.24, 2.45) is 17.8 Å². The zero-order valence-corrected chi connectivity index (χ0v) is 17.7. The number of rotatable bonds is 8. The Balaban J connectivity index is 1.45. The maximum Gasteiger partial charge on any atom is 0.126 e. The van der Waals surface area contributed by atoms with Crippen molar-refractivity contribution in [1.82, 2.24) is 0 Å². The first kappa shape index (κ1) is 21.6. The largest absolute Gasteiger partial charge is 0.396 e. The lowest BCUT2D eigenvalue weighted by atomic mass is 9.68. The predicted octanol–water partition coefficient (Wildman–Crippen LogP) is 7.19. The van der Waals surface area contributed by atoms with Gasteiger partial charge in [-0.3, -0.25) is 0 Å². The number of benzene rings is 1. The van der Waals surface area contributed by atoms with E-state index in [1.165, 1.54) is 69.8 Å². The van der Waals surface area contributed by atoms with Crippen LogP contribution in [0.1, 0.15) is 94.6 Å². The van der Waals surface area contributed by atoms with Crippen LogP contribution in [0.3, 0.4) is 0 Å². The van der Waals surface area contributed by atoms with Gasteiger partial charge in [0.05, 0.1) is 0 Å². The third-order valence-corrected chi connectivity index (χ3v) is 7.27. The summed E-state index contributed by atoms with van der Waals surface area (Å²) in [5, 5.41) is 8.95. The minimum Gasteiger partial charge on any atom is -0.396 e. The molecule has 0 aromatic heterocycles. The lowest BCUT2D eigenvalue weighted by Crippen LogP contribution is -2.25. The van der Waals surface area contributed by atoms with Crippen LogP contribution in [-0.2, 0) is 6.42 Å². The summed E-state index contributed by atoms with van der Waals surface area (Å²) in [7, 11) is 0. The molecule has 3 rings (SSSR count). The summed E-state index contributed by atoms with van der Waals surface area (Å²) in [6, 6.07) is 5.85. The number of aliphatic hydroxyl groups excluding tert-OH is 1. The number of halogens is 1. The monoisotopic (exact) mass is 386 g/mol. The third kappa shape index (κ3) is 5.92. The molecule has 2 aliphatic carbocycles. The Kier molecular flexibility index (Phi) is 8.58. The fraction of sp³-hybridized carbons (Fsp3) is 0.692. The summed E-state index contributed by atoms with van der Waals surface area (Å²) in [6.07, 6.45) is 19.3. The minimum absolute atomic E-state index is 0.0810. The summed E-state index contributed by atoms with van der Waals surface area (Å²) >= 11 is 0. The van der Waals surface area contributed by atoms with Crippen molar-refractivity contribution in [3.05, 3.63) is 47.3 Å². The molecule has 0 aliphatic heterocycles. The van der Waals surface area contributed by atoms with Gasteiger partial charge < -0.3 is 5.11 Å². The van der Waals surface area contributed by atoms with Crippen LogP contribution in [0.25, 0.3) is 0 Å². The molecular weight excluding hydrogens is 347 g/mol. The lowest BCUT2D eigenvalue weighted by Gasteiger charge is -2.37. The van der Waals surface area contributed by atoms with Gasteiger partial charge in [0.15, 0.2) is 0 Å². The van der Waals surface area contributed by atoms with Gasteiger partial charge in [0.2, 0.25) is 0 Å². The van der Waals surface area contributed by atoms with E-state index < -0.39 is 0 Å². The molecule has 0 spiro atoms.